The molecule has 110 valence electrons. The van der Waals surface area contributed by atoms with E-state index in [1.165, 1.54) is 11.8 Å². The van der Waals surface area contributed by atoms with Crippen LogP contribution in [0.5, 0.6) is 0 Å². The topological polar surface area (TPSA) is 55.1 Å². The zero-order chi connectivity index (χ0) is 15.2. The summed E-state index contributed by atoms with van der Waals surface area (Å²) in [6.45, 7) is 0.492. The number of rotatable bonds is 5. The Bertz CT molecular complexity index is 634. The van der Waals surface area contributed by atoms with E-state index in [-0.39, 0.29) is 5.91 Å². The first-order valence-electron chi connectivity index (χ1n) is 6.23. The molecule has 2 rings (SSSR count). The van der Waals surface area contributed by atoms with Crippen LogP contribution >= 0.6 is 39.3 Å². The average molecular weight is 386 g/mol. The number of thioether (sulfide) groups is 1. The molecule has 0 unspecified atom stereocenters. The number of amides is 1. The predicted molar refractivity (Wildman–Crippen MR) is 92.6 cm³/mol. The second-order valence-electron chi connectivity index (χ2n) is 4.37. The van der Waals surface area contributed by atoms with Gasteiger partial charge in [0, 0.05) is 26.6 Å². The van der Waals surface area contributed by atoms with Gasteiger partial charge in [-0.15, -0.1) is 11.8 Å². The molecule has 1 amide bonds. The lowest BCUT2D eigenvalue weighted by molar-refractivity contribution is -0.118. The first kappa shape index (κ1) is 16.2. The van der Waals surface area contributed by atoms with Crippen LogP contribution in [0, 0.1) is 0 Å². The minimum absolute atomic E-state index is 0.0303. The van der Waals surface area contributed by atoms with Crippen molar-refractivity contribution in [3.8, 4) is 0 Å². The summed E-state index contributed by atoms with van der Waals surface area (Å²) in [4.78, 5) is 12.7. The van der Waals surface area contributed by atoms with Crippen molar-refractivity contribution in [2.24, 2.45) is 0 Å². The first-order chi connectivity index (χ1) is 10.0. The van der Waals surface area contributed by atoms with Gasteiger partial charge in [-0.05, 0) is 35.9 Å². The third-order valence-electron chi connectivity index (χ3n) is 2.73. The Labute approximate surface area is 141 Å². The van der Waals surface area contributed by atoms with Crippen LogP contribution in [-0.4, -0.2) is 11.7 Å². The van der Waals surface area contributed by atoms with Gasteiger partial charge in [-0.25, -0.2) is 0 Å². The van der Waals surface area contributed by atoms with Crippen molar-refractivity contribution in [3.05, 3.63) is 57.5 Å². The van der Waals surface area contributed by atoms with Crippen molar-refractivity contribution in [2.45, 2.75) is 11.4 Å². The lowest BCUT2D eigenvalue weighted by atomic mass is 10.2. The van der Waals surface area contributed by atoms with Crippen molar-refractivity contribution in [2.75, 3.05) is 11.5 Å². The second-order valence-corrected chi connectivity index (χ2v) is 6.74. The number of nitrogen functional groups attached to an aromatic ring is 1. The summed E-state index contributed by atoms with van der Waals surface area (Å²) >= 11 is 10.6. The van der Waals surface area contributed by atoms with Crippen LogP contribution in [0.1, 0.15) is 5.56 Å². The molecule has 0 aliphatic heterocycles. The Morgan fingerprint density at radius 3 is 2.62 bits per heavy atom. The van der Waals surface area contributed by atoms with E-state index < -0.39 is 0 Å². The molecule has 0 heterocycles. The summed E-state index contributed by atoms with van der Waals surface area (Å²) < 4.78 is 0.927. The van der Waals surface area contributed by atoms with Crippen LogP contribution in [0.15, 0.2) is 51.8 Å². The average Bonchev–Trinajstić information content (AvgIpc) is 2.46. The van der Waals surface area contributed by atoms with Gasteiger partial charge >= 0.3 is 0 Å². The van der Waals surface area contributed by atoms with Gasteiger partial charge in [0.2, 0.25) is 5.91 Å². The van der Waals surface area contributed by atoms with Crippen LogP contribution in [0.25, 0.3) is 0 Å². The molecule has 2 aromatic carbocycles. The summed E-state index contributed by atoms with van der Waals surface area (Å²) in [5, 5.41) is 3.55. The Kier molecular flexibility index (Phi) is 5.96. The molecule has 0 saturated carbocycles. The second kappa shape index (κ2) is 7.73. The Balaban J connectivity index is 1.80. The van der Waals surface area contributed by atoms with E-state index in [0.29, 0.717) is 23.0 Å². The van der Waals surface area contributed by atoms with Gasteiger partial charge in [0.1, 0.15) is 0 Å². The zero-order valence-electron chi connectivity index (χ0n) is 11.1. The third-order valence-corrected chi connectivity index (χ3v) is 4.57. The minimum Gasteiger partial charge on any atom is -0.398 e. The molecule has 2 aromatic rings. The molecule has 3 nitrogen and oxygen atoms in total. The van der Waals surface area contributed by atoms with Gasteiger partial charge in [0.05, 0.1) is 5.75 Å². The Hall–Kier alpha value is -1.17. The highest BCUT2D eigenvalue weighted by Crippen LogP contribution is 2.27. The SMILES string of the molecule is Nc1cc(Br)ccc1SCC(=O)NCc1ccc(Cl)cc1. The Morgan fingerprint density at radius 1 is 1.24 bits per heavy atom. The van der Waals surface area contributed by atoms with Crippen molar-refractivity contribution >= 4 is 50.9 Å². The van der Waals surface area contributed by atoms with Crippen LogP contribution in [-0.2, 0) is 11.3 Å². The highest BCUT2D eigenvalue weighted by Gasteiger charge is 2.06. The van der Waals surface area contributed by atoms with Gasteiger partial charge in [0.15, 0.2) is 0 Å². The third kappa shape index (κ3) is 5.26. The molecule has 0 aliphatic rings. The van der Waals surface area contributed by atoms with Gasteiger partial charge in [0.25, 0.3) is 0 Å². The van der Waals surface area contributed by atoms with E-state index in [2.05, 4.69) is 21.2 Å². The summed E-state index contributed by atoms with van der Waals surface area (Å²) in [7, 11) is 0. The maximum absolute atomic E-state index is 11.8. The van der Waals surface area contributed by atoms with E-state index in [1.807, 2.05) is 30.3 Å². The molecule has 0 saturated heterocycles. The van der Waals surface area contributed by atoms with Gasteiger partial charge < -0.3 is 11.1 Å². The number of benzene rings is 2. The predicted octanol–water partition coefficient (Wildman–Crippen LogP) is 4.09. The Morgan fingerprint density at radius 2 is 1.95 bits per heavy atom. The van der Waals surface area contributed by atoms with Gasteiger partial charge in [-0.1, -0.05) is 39.7 Å². The molecule has 0 radical (unpaired) electrons. The van der Waals surface area contributed by atoms with E-state index in [9.17, 15) is 4.79 Å². The molecule has 0 aromatic heterocycles. The van der Waals surface area contributed by atoms with Crippen LogP contribution < -0.4 is 11.1 Å². The standard InChI is InChI=1S/C15H14BrClN2OS/c16-11-3-6-14(13(18)7-11)21-9-15(20)19-8-10-1-4-12(17)5-2-10/h1-7H,8-9,18H2,(H,19,20). The molecule has 0 spiro atoms. The number of anilines is 1. The fourth-order valence-electron chi connectivity index (χ4n) is 1.65. The number of carbonyl (C=O) groups is 1. The maximum atomic E-state index is 11.8. The lowest BCUT2D eigenvalue weighted by Crippen LogP contribution is -2.24. The van der Waals surface area contributed by atoms with E-state index in [4.69, 9.17) is 17.3 Å². The number of carbonyl (C=O) groups excluding carboxylic acids is 1. The lowest BCUT2D eigenvalue weighted by Gasteiger charge is -2.07. The molecular weight excluding hydrogens is 372 g/mol. The summed E-state index contributed by atoms with van der Waals surface area (Å²) in [5.74, 6) is 0.302. The fourth-order valence-corrected chi connectivity index (χ4v) is 2.93. The molecular formula is C15H14BrClN2OS. The number of hydrogen-bond donors (Lipinski definition) is 2. The van der Waals surface area contributed by atoms with Crippen molar-refractivity contribution < 1.29 is 4.79 Å². The van der Waals surface area contributed by atoms with Gasteiger partial charge in [-0.2, -0.15) is 0 Å². The maximum Gasteiger partial charge on any atom is 0.230 e. The first-order valence-corrected chi connectivity index (χ1v) is 8.39. The van der Waals surface area contributed by atoms with Crippen LogP contribution in [0.4, 0.5) is 5.69 Å². The molecule has 0 fully saturated rings. The van der Waals surface area contributed by atoms with Crippen LogP contribution in [0.3, 0.4) is 0 Å². The molecule has 3 N–H and O–H groups in total. The monoisotopic (exact) mass is 384 g/mol. The van der Waals surface area contributed by atoms with Crippen LogP contribution in [0.2, 0.25) is 5.02 Å². The number of halogens is 2. The molecule has 0 atom stereocenters. The molecule has 0 bridgehead atoms. The number of hydrogen-bond acceptors (Lipinski definition) is 3. The largest absolute Gasteiger partial charge is 0.398 e. The molecule has 6 heteroatoms. The van der Waals surface area contributed by atoms with Gasteiger partial charge in [-0.3, -0.25) is 4.79 Å². The van der Waals surface area contributed by atoms with Crippen molar-refractivity contribution in [1.82, 2.24) is 5.32 Å². The minimum atomic E-state index is -0.0303. The number of nitrogens with two attached hydrogens (primary N) is 1. The summed E-state index contributed by atoms with van der Waals surface area (Å²) in [5.41, 5.74) is 7.57. The summed E-state index contributed by atoms with van der Waals surface area (Å²) in [6, 6.07) is 13.0. The quantitative estimate of drug-likeness (QED) is 0.602. The smallest absolute Gasteiger partial charge is 0.230 e. The fraction of sp³-hybridized carbons (Fsp3) is 0.133. The van der Waals surface area contributed by atoms with E-state index in [1.54, 1.807) is 12.1 Å². The van der Waals surface area contributed by atoms with E-state index >= 15 is 0 Å². The molecule has 0 aliphatic carbocycles. The summed E-state index contributed by atoms with van der Waals surface area (Å²) in [6.07, 6.45) is 0. The zero-order valence-corrected chi connectivity index (χ0v) is 14.3. The number of nitrogens with one attached hydrogen (secondary N) is 1. The van der Waals surface area contributed by atoms with Crippen molar-refractivity contribution in [3.63, 3.8) is 0 Å². The van der Waals surface area contributed by atoms with Crippen molar-refractivity contribution in [1.29, 1.82) is 0 Å². The van der Waals surface area contributed by atoms with E-state index in [0.717, 1.165) is 14.9 Å². The highest BCUT2D eigenvalue weighted by molar-refractivity contribution is 9.10. The highest BCUT2D eigenvalue weighted by atomic mass is 79.9. The normalized spacial score (nSPS) is 10.4. The molecule has 21 heavy (non-hydrogen) atoms.